The molecule has 2 N–H and O–H groups in total. The van der Waals surface area contributed by atoms with Crippen molar-refractivity contribution in [2.45, 2.75) is 58.0 Å². The van der Waals surface area contributed by atoms with E-state index in [9.17, 15) is 9.90 Å². The van der Waals surface area contributed by atoms with Crippen LogP contribution in [0.5, 0.6) is 0 Å². The van der Waals surface area contributed by atoms with Crippen LogP contribution in [-0.4, -0.2) is 48.5 Å². The molecule has 1 fully saturated rings. The summed E-state index contributed by atoms with van der Waals surface area (Å²) < 4.78 is 15.9. The largest absolute Gasteiger partial charge is 0.444 e. The molecule has 0 saturated carbocycles. The molecule has 1 rings (SSSR count). The molecule has 1 aliphatic heterocycles. The van der Waals surface area contributed by atoms with E-state index in [0.29, 0.717) is 26.1 Å². The van der Waals surface area contributed by atoms with Gasteiger partial charge in [-0.05, 0) is 34.1 Å². The van der Waals surface area contributed by atoms with Gasteiger partial charge in [0.15, 0.2) is 5.79 Å². The average Bonchev–Trinajstić information content (AvgIpc) is 2.69. The van der Waals surface area contributed by atoms with Gasteiger partial charge < -0.3 is 24.6 Å². The predicted octanol–water partition coefficient (Wildman–Crippen LogP) is 1.42. The van der Waals surface area contributed by atoms with E-state index in [1.807, 2.05) is 6.92 Å². The van der Waals surface area contributed by atoms with E-state index < -0.39 is 23.6 Å². The molecule has 0 aliphatic carbocycles. The number of nitrogens with one attached hydrogen (secondary N) is 1. The summed E-state index contributed by atoms with van der Waals surface area (Å²) in [6, 6.07) is 0. The van der Waals surface area contributed by atoms with Gasteiger partial charge in [-0.15, -0.1) is 0 Å². The summed E-state index contributed by atoms with van der Waals surface area (Å²) >= 11 is 0. The number of carbonyl (C=O) groups is 1. The molecule has 1 amide bonds. The highest BCUT2D eigenvalue weighted by Gasteiger charge is 2.31. The number of amides is 1. The summed E-state index contributed by atoms with van der Waals surface area (Å²) in [5.41, 5.74) is -0.534. The first kappa shape index (κ1) is 16.2. The Morgan fingerprint density at radius 1 is 1.42 bits per heavy atom. The fourth-order valence-electron chi connectivity index (χ4n) is 1.75. The van der Waals surface area contributed by atoms with Gasteiger partial charge in [-0.25, -0.2) is 4.79 Å². The van der Waals surface area contributed by atoms with Gasteiger partial charge in [-0.1, -0.05) is 0 Å². The molecule has 0 aromatic carbocycles. The lowest BCUT2D eigenvalue weighted by Gasteiger charge is -2.24. The van der Waals surface area contributed by atoms with E-state index >= 15 is 0 Å². The Balaban J connectivity index is 2.17. The lowest BCUT2D eigenvalue weighted by Crippen LogP contribution is -2.37. The molecule has 6 heteroatoms. The third-order valence-corrected chi connectivity index (χ3v) is 2.71. The van der Waals surface area contributed by atoms with Crippen LogP contribution in [0.4, 0.5) is 4.79 Å². The minimum Gasteiger partial charge on any atom is -0.444 e. The summed E-state index contributed by atoms with van der Waals surface area (Å²) in [7, 11) is 0. The summed E-state index contributed by atoms with van der Waals surface area (Å²) in [5.74, 6) is -0.604. The van der Waals surface area contributed by atoms with E-state index in [0.717, 1.165) is 0 Å². The van der Waals surface area contributed by atoms with Crippen LogP contribution in [0.25, 0.3) is 0 Å². The van der Waals surface area contributed by atoms with Crippen LogP contribution in [0.15, 0.2) is 0 Å². The predicted molar refractivity (Wildman–Crippen MR) is 69.8 cm³/mol. The Labute approximate surface area is 114 Å². The first-order valence-corrected chi connectivity index (χ1v) is 6.63. The molecule has 0 aromatic heterocycles. The topological polar surface area (TPSA) is 77.0 Å². The lowest BCUT2D eigenvalue weighted by molar-refractivity contribution is -0.150. The average molecular weight is 275 g/mol. The number of aliphatic hydroxyl groups is 1. The Morgan fingerprint density at radius 3 is 2.53 bits per heavy atom. The fourth-order valence-corrected chi connectivity index (χ4v) is 1.75. The summed E-state index contributed by atoms with van der Waals surface area (Å²) in [6.07, 6.45) is -0.0838. The number of hydrogen-bond donors (Lipinski definition) is 2. The molecule has 112 valence electrons. The van der Waals surface area contributed by atoms with Gasteiger partial charge in [0.2, 0.25) is 0 Å². The third-order valence-electron chi connectivity index (χ3n) is 2.71. The first-order chi connectivity index (χ1) is 8.70. The van der Waals surface area contributed by atoms with Gasteiger partial charge in [0.1, 0.15) is 5.60 Å². The fraction of sp³-hybridized carbons (Fsp3) is 0.923. The zero-order valence-electron chi connectivity index (χ0n) is 12.2. The third kappa shape index (κ3) is 6.75. The quantitative estimate of drug-likeness (QED) is 0.793. The van der Waals surface area contributed by atoms with Crippen LogP contribution < -0.4 is 5.32 Å². The molecule has 0 bridgehead atoms. The number of hydrogen-bond acceptors (Lipinski definition) is 5. The summed E-state index contributed by atoms with van der Waals surface area (Å²) in [5, 5.41) is 12.3. The second-order valence-electron chi connectivity index (χ2n) is 5.91. The van der Waals surface area contributed by atoms with Gasteiger partial charge in [-0.3, -0.25) is 0 Å². The number of alkyl carbamates (subject to hydrolysis) is 1. The van der Waals surface area contributed by atoms with Crippen LogP contribution in [0.1, 0.15) is 40.5 Å². The lowest BCUT2D eigenvalue weighted by atomic mass is 10.1. The second-order valence-corrected chi connectivity index (χ2v) is 5.91. The highest BCUT2D eigenvalue weighted by molar-refractivity contribution is 5.67. The van der Waals surface area contributed by atoms with Gasteiger partial charge in [-0.2, -0.15) is 0 Å². The van der Waals surface area contributed by atoms with E-state index in [1.165, 1.54) is 0 Å². The monoisotopic (exact) mass is 275 g/mol. The van der Waals surface area contributed by atoms with Crippen molar-refractivity contribution in [3.8, 4) is 0 Å². The van der Waals surface area contributed by atoms with Crippen LogP contribution in [0, 0.1) is 0 Å². The highest BCUT2D eigenvalue weighted by Crippen LogP contribution is 2.24. The van der Waals surface area contributed by atoms with Crippen molar-refractivity contribution in [1.29, 1.82) is 0 Å². The van der Waals surface area contributed by atoms with Crippen molar-refractivity contribution in [3.05, 3.63) is 0 Å². The number of aliphatic hydroxyl groups excluding tert-OH is 1. The zero-order chi connectivity index (χ0) is 14.5. The second kappa shape index (κ2) is 6.54. The molecule has 0 spiro atoms. The Kier molecular flexibility index (Phi) is 5.58. The zero-order valence-corrected chi connectivity index (χ0v) is 12.2. The molecule has 6 nitrogen and oxygen atoms in total. The van der Waals surface area contributed by atoms with Gasteiger partial charge in [0.05, 0.1) is 19.3 Å². The maximum absolute atomic E-state index is 11.4. The molecular weight excluding hydrogens is 250 g/mol. The van der Waals surface area contributed by atoms with Crippen molar-refractivity contribution in [2.75, 3.05) is 19.8 Å². The Morgan fingerprint density at radius 2 is 2.00 bits per heavy atom. The Bertz CT molecular complexity index is 294. The van der Waals surface area contributed by atoms with Crippen molar-refractivity contribution in [3.63, 3.8) is 0 Å². The van der Waals surface area contributed by atoms with Crippen molar-refractivity contribution < 1.29 is 24.1 Å². The number of ether oxygens (including phenoxy) is 3. The summed E-state index contributed by atoms with van der Waals surface area (Å²) in [6.45, 7) is 8.56. The van der Waals surface area contributed by atoms with Crippen molar-refractivity contribution in [2.24, 2.45) is 0 Å². The smallest absolute Gasteiger partial charge is 0.407 e. The van der Waals surface area contributed by atoms with E-state index in [2.05, 4.69) is 5.32 Å². The minimum absolute atomic E-state index is 0.158. The van der Waals surface area contributed by atoms with Crippen LogP contribution >= 0.6 is 0 Å². The van der Waals surface area contributed by atoms with Crippen LogP contribution in [-0.2, 0) is 14.2 Å². The molecular formula is C13H25NO5. The SMILES string of the molecule is CC(C)(C)OC(=O)NCC(O)CCC1(C)OCCO1. The molecule has 1 atom stereocenters. The van der Waals surface area contributed by atoms with Crippen molar-refractivity contribution >= 4 is 6.09 Å². The van der Waals surface area contributed by atoms with Crippen molar-refractivity contribution in [1.82, 2.24) is 5.32 Å². The minimum atomic E-state index is -0.642. The normalized spacial score (nSPS) is 20.1. The van der Waals surface area contributed by atoms with Crippen LogP contribution in [0.2, 0.25) is 0 Å². The molecule has 0 aromatic rings. The van der Waals surface area contributed by atoms with Gasteiger partial charge in [0, 0.05) is 13.0 Å². The molecule has 19 heavy (non-hydrogen) atoms. The highest BCUT2D eigenvalue weighted by atomic mass is 16.7. The molecule has 1 heterocycles. The maximum atomic E-state index is 11.4. The van der Waals surface area contributed by atoms with E-state index in [-0.39, 0.29) is 6.54 Å². The first-order valence-electron chi connectivity index (χ1n) is 6.63. The standard InChI is InChI=1S/C13H25NO5/c1-12(2,3)19-11(16)14-9-10(15)5-6-13(4)17-7-8-18-13/h10,15H,5-9H2,1-4H3,(H,14,16). The molecule has 1 aliphatic rings. The molecule has 0 radical (unpaired) electrons. The van der Waals surface area contributed by atoms with Gasteiger partial charge in [0.25, 0.3) is 0 Å². The number of carbonyl (C=O) groups excluding carboxylic acids is 1. The van der Waals surface area contributed by atoms with E-state index in [1.54, 1.807) is 20.8 Å². The molecule has 1 unspecified atom stereocenters. The van der Waals surface area contributed by atoms with Crippen LogP contribution in [0.3, 0.4) is 0 Å². The molecule has 1 saturated heterocycles. The maximum Gasteiger partial charge on any atom is 0.407 e. The summed E-state index contributed by atoms with van der Waals surface area (Å²) in [4.78, 5) is 11.4. The van der Waals surface area contributed by atoms with E-state index in [4.69, 9.17) is 14.2 Å². The Hall–Kier alpha value is -0.850. The number of rotatable bonds is 5. The van der Waals surface area contributed by atoms with Gasteiger partial charge >= 0.3 is 6.09 Å².